The van der Waals surface area contributed by atoms with Gasteiger partial charge in [-0.1, -0.05) is 96.8 Å². The van der Waals surface area contributed by atoms with Gasteiger partial charge in [0, 0.05) is 18.6 Å². The van der Waals surface area contributed by atoms with Crippen molar-refractivity contribution in [1.29, 1.82) is 5.26 Å². The van der Waals surface area contributed by atoms with Crippen molar-refractivity contribution in [3.8, 4) is 6.07 Å². The SMILES string of the molecule is CCCCCCCCCCCCCCCCNC(=O)OCCCCCCOC(OCCC#N)N(C(C)C)C(C)C. The monoisotopic (exact) mass is 567 g/mol. The van der Waals surface area contributed by atoms with E-state index >= 15 is 0 Å². The van der Waals surface area contributed by atoms with E-state index in [1.54, 1.807) is 0 Å². The maximum atomic E-state index is 11.9. The maximum absolute atomic E-state index is 11.9. The number of nitrogens with one attached hydrogen (secondary N) is 1. The highest BCUT2D eigenvalue weighted by molar-refractivity contribution is 5.66. The van der Waals surface area contributed by atoms with E-state index in [9.17, 15) is 4.79 Å². The molecule has 0 aliphatic carbocycles. The lowest BCUT2D eigenvalue weighted by molar-refractivity contribution is -0.240. The number of hydrogen-bond acceptors (Lipinski definition) is 6. The van der Waals surface area contributed by atoms with Crippen LogP contribution in [0.5, 0.6) is 0 Å². The first kappa shape index (κ1) is 38.6. The van der Waals surface area contributed by atoms with Gasteiger partial charge in [0.15, 0.2) is 0 Å². The van der Waals surface area contributed by atoms with E-state index in [0.29, 0.717) is 32.8 Å². The third kappa shape index (κ3) is 24.4. The van der Waals surface area contributed by atoms with Crippen molar-refractivity contribution in [3.05, 3.63) is 0 Å². The van der Waals surface area contributed by atoms with Crippen LogP contribution in [0.2, 0.25) is 0 Å². The zero-order chi connectivity index (χ0) is 29.7. The molecule has 0 spiro atoms. The summed E-state index contributed by atoms with van der Waals surface area (Å²) in [6.45, 7) is 12.9. The van der Waals surface area contributed by atoms with Crippen LogP contribution in [0.4, 0.5) is 4.79 Å². The smallest absolute Gasteiger partial charge is 0.407 e. The van der Waals surface area contributed by atoms with Crippen molar-refractivity contribution in [2.24, 2.45) is 0 Å². The lowest BCUT2D eigenvalue weighted by atomic mass is 10.0. The van der Waals surface area contributed by atoms with Crippen molar-refractivity contribution in [2.45, 2.75) is 175 Å². The van der Waals surface area contributed by atoms with Gasteiger partial charge in [-0.25, -0.2) is 4.79 Å². The van der Waals surface area contributed by atoms with E-state index in [0.717, 1.165) is 32.1 Å². The van der Waals surface area contributed by atoms with Gasteiger partial charge in [-0.05, 0) is 53.4 Å². The molecule has 0 saturated heterocycles. The molecule has 0 aliphatic rings. The minimum Gasteiger partial charge on any atom is -0.450 e. The van der Waals surface area contributed by atoms with Crippen LogP contribution < -0.4 is 5.32 Å². The Labute approximate surface area is 248 Å². The number of hydrogen-bond donors (Lipinski definition) is 1. The number of unbranched alkanes of at least 4 members (excludes halogenated alkanes) is 16. The van der Waals surface area contributed by atoms with E-state index in [-0.39, 0.29) is 18.2 Å². The van der Waals surface area contributed by atoms with Gasteiger partial charge in [0.1, 0.15) is 0 Å². The number of ether oxygens (including phenoxy) is 3. The highest BCUT2D eigenvalue weighted by atomic mass is 16.7. The van der Waals surface area contributed by atoms with Gasteiger partial charge in [0.05, 0.1) is 32.3 Å². The second-order valence-electron chi connectivity index (χ2n) is 11.7. The number of rotatable bonds is 29. The normalized spacial score (nSPS) is 12.3. The Morgan fingerprint density at radius 3 is 1.62 bits per heavy atom. The lowest BCUT2D eigenvalue weighted by Crippen LogP contribution is -2.48. The first-order valence-corrected chi connectivity index (χ1v) is 16.7. The molecule has 236 valence electrons. The Hall–Kier alpha value is -1.36. The van der Waals surface area contributed by atoms with E-state index in [4.69, 9.17) is 19.5 Å². The average molecular weight is 568 g/mol. The van der Waals surface area contributed by atoms with E-state index in [1.165, 1.54) is 83.5 Å². The van der Waals surface area contributed by atoms with Crippen LogP contribution in [0.3, 0.4) is 0 Å². The summed E-state index contributed by atoms with van der Waals surface area (Å²) in [6, 6.07) is 2.68. The molecule has 7 heteroatoms. The van der Waals surface area contributed by atoms with Gasteiger partial charge >= 0.3 is 6.09 Å². The molecule has 0 aromatic carbocycles. The second-order valence-corrected chi connectivity index (χ2v) is 11.7. The van der Waals surface area contributed by atoms with Crippen LogP contribution >= 0.6 is 0 Å². The lowest BCUT2D eigenvalue weighted by Gasteiger charge is -2.37. The number of alkyl carbamates (subject to hydrolysis) is 1. The van der Waals surface area contributed by atoms with Crippen LogP contribution in [0, 0.1) is 11.3 Å². The predicted molar refractivity (Wildman–Crippen MR) is 166 cm³/mol. The molecule has 1 unspecified atom stereocenters. The summed E-state index contributed by atoms with van der Waals surface area (Å²) in [5.74, 6) is 0. The summed E-state index contributed by atoms with van der Waals surface area (Å²) in [5, 5.41) is 11.7. The number of nitriles is 1. The number of carbonyl (C=O) groups is 1. The minimum atomic E-state index is -0.430. The zero-order valence-electron chi connectivity index (χ0n) is 27.0. The molecule has 1 amide bonds. The second kappa shape index (κ2) is 29.1. The molecule has 0 heterocycles. The van der Waals surface area contributed by atoms with Gasteiger partial charge < -0.3 is 19.5 Å². The molecule has 1 atom stereocenters. The largest absolute Gasteiger partial charge is 0.450 e. The fourth-order valence-corrected chi connectivity index (χ4v) is 4.98. The first-order valence-electron chi connectivity index (χ1n) is 16.7. The number of nitrogens with zero attached hydrogens (tertiary/aromatic N) is 2. The van der Waals surface area contributed by atoms with Crippen molar-refractivity contribution in [1.82, 2.24) is 10.2 Å². The molecule has 1 N–H and O–H groups in total. The predicted octanol–water partition coefficient (Wildman–Crippen LogP) is 9.10. The molecular weight excluding hydrogens is 502 g/mol. The fourth-order valence-electron chi connectivity index (χ4n) is 4.98. The molecule has 7 nitrogen and oxygen atoms in total. The molecule has 0 aliphatic heterocycles. The molecule has 0 bridgehead atoms. The van der Waals surface area contributed by atoms with Gasteiger partial charge in [-0.2, -0.15) is 5.26 Å². The third-order valence-corrected chi connectivity index (χ3v) is 7.24. The summed E-state index contributed by atoms with van der Waals surface area (Å²) in [5.41, 5.74) is 0. The topological polar surface area (TPSA) is 83.8 Å². The van der Waals surface area contributed by atoms with E-state index in [1.807, 2.05) is 0 Å². The summed E-state index contributed by atoms with van der Waals surface area (Å²) in [6.07, 6.45) is 22.1. The quantitative estimate of drug-likeness (QED) is 0.0717. The Kier molecular flexibility index (Phi) is 28.2. The van der Waals surface area contributed by atoms with Crippen LogP contribution in [-0.4, -0.2) is 55.9 Å². The summed E-state index contributed by atoms with van der Waals surface area (Å²) < 4.78 is 17.2. The number of amides is 1. The summed E-state index contributed by atoms with van der Waals surface area (Å²) in [4.78, 5) is 14.1. The third-order valence-electron chi connectivity index (χ3n) is 7.24. The molecule has 0 radical (unpaired) electrons. The molecule has 0 saturated carbocycles. The number of carbonyl (C=O) groups excluding carboxylic acids is 1. The van der Waals surface area contributed by atoms with E-state index in [2.05, 4.69) is 50.9 Å². The van der Waals surface area contributed by atoms with Crippen molar-refractivity contribution in [3.63, 3.8) is 0 Å². The fraction of sp³-hybridized carbons (Fsp3) is 0.939. The van der Waals surface area contributed by atoms with Crippen molar-refractivity contribution >= 4 is 6.09 Å². The standard InChI is InChI=1S/C33H65N3O4/c1-6-7-8-9-10-11-12-13-14-15-16-17-18-21-26-35-32(37)38-27-22-19-20-23-28-39-33(40-29-24-25-34)36(30(2)3)31(4)5/h30-31,33H,6-24,26-29H2,1-5H3,(H,35,37). The highest BCUT2D eigenvalue weighted by Crippen LogP contribution is 2.15. The van der Waals surface area contributed by atoms with Crippen molar-refractivity contribution in [2.75, 3.05) is 26.4 Å². The molecule has 0 aromatic heterocycles. The average Bonchev–Trinajstić information content (AvgIpc) is 2.91. The van der Waals surface area contributed by atoms with Crippen LogP contribution in [0.25, 0.3) is 0 Å². The molecular formula is C33H65N3O4. The van der Waals surface area contributed by atoms with Crippen LogP contribution in [-0.2, 0) is 14.2 Å². The highest BCUT2D eigenvalue weighted by Gasteiger charge is 2.25. The molecule has 0 aromatic rings. The zero-order valence-corrected chi connectivity index (χ0v) is 27.0. The Morgan fingerprint density at radius 2 is 1.12 bits per heavy atom. The first-order chi connectivity index (χ1) is 19.4. The van der Waals surface area contributed by atoms with Gasteiger partial charge in [0.2, 0.25) is 6.41 Å². The summed E-state index contributed by atoms with van der Waals surface area (Å²) >= 11 is 0. The Bertz CT molecular complexity index is 587. The van der Waals surface area contributed by atoms with E-state index < -0.39 is 6.41 Å². The van der Waals surface area contributed by atoms with Crippen LogP contribution in [0.15, 0.2) is 0 Å². The van der Waals surface area contributed by atoms with Crippen molar-refractivity contribution < 1.29 is 19.0 Å². The summed E-state index contributed by atoms with van der Waals surface area (Å²) in [7, 11) is 0. The van der Waals surface area contributed by atoms with Gasteiger partial charge in [-0.3, -0.25) is 4.90 Å². The Balaban J connectivity index is 3.60. The van der Waals surface area contributed by atoms with Crippen LogP contribution in [0.1, 0.15) is 157 Å². The maximum Gasteiger partial charge on any atom is 0.407 e. The van der Waals surface area contributed by atoms with Gasteiger partial charge in [0.25, 0.3) is 0 Å². The minimum absolute atomic E-state index is 0.282. The molecule has 0 fully saturated rings. The molecule has 0 rings (SSSR count). The Morgan fingerprint density at radius 1 is 0.675 bits per heavy atom. The van der Waals surface area contributed by atoms with Gasteiger partial charge in [-0.15, -0.1) is 0 Å². The molecule has 40 heavy (non-hydrogen) atoms.